The zero-order chi connectivity index (χ0) is 10.6. The van der Waals surface area contributed by atoms with Crippen molar-refractivity contribution in [2.24, 2.45) is 0 Å². The van der Waals surface area contributed by atoms with Crippen LogP contribution in [0.15, 0.2) is 10.7 Å². The minimum atomic E-state index is 0.609. The summed E-state index contributed by atoms with van der Waals surface area (Å²) in [6.45, 7) is 4.20. The Morgan fingerprint density at radius 2 is 2.13 bits per heavy atom. The van der Waals surface area contributed by atoms with Crippen molar-refractivity contribution in [3.63, 3.8) is 0 Å². The number of nitrogens with zero attached hydrogens (tertiary/aromatic N) is 3. The molecule has 2 aromatic heterocycles. The SMILES string of the molecule is Cc1cc2nc(C3CC3)nn2c(Br)c1C. The van der Waals surface area contributed by atoms with Gasteiger partial charge in [0.2, 0.25) is 0 Å². The molecule has 1 fully saturated rings. The summed E-state index contributed by atoms with van der Waals surface area (Å²) in [7, 11) is 0. The van der Waals surface area contributed by atoms with Crippen molar-refractivity contribution >= 4 is 21.6 Å². The number of aromatic nitrogens is 3. The van der Waals surface area contributed by atoms with Gasteiger partial charge >= 0.3 is 0 Å². The van der Waals surface area contributed by atoms with Crippen molar-refractivity contribution in [3.8, 4) is 0 Å². The van der Waals surface area contributed by atoms with Gasteiger partial charge in [0, 0.05) is 5.92 Å². The minimum absolute atomic E-state index is 0.609. The van der Waals surface area contributed by atoms with Gasteiger partial charge < -0.3 is 0 Å². The number of pyridine rings is 1. The Morgan fingerprint density at radius 1 is 1.40 bits per heavy atom. The van der Waals surface area contributed by atoms with Crippen molar-refractivity contribution in [1.29, 1.82) is 0 Å². The molecule has 0 unspecified atom stereocenters. The maximum atomic E-state index is 4.56. The second-order valence-electron chi connectivity index (χ2n) is 4.26. The summed E-state index contributed by atoms with van der Waals surface area (Å²) in [5.41, 5.74) is 3.44. The number of halogens is 1. The second-order valence-corrected chi connectivity index (χ2v) is 5.01. The quantitative estimate of drug-likeness (QED) is 0.743. The summed E-state index contributed by atoms with van der Waals surface area (Å²) in [5.74, 6) is 1.61. The third kappa shape index (κ3) is 1.39. The Kier molecular flexibility index (Phi) is 1.89. The van der Waals surface area contributed by atoms with E-state index in [-0.39, 0.29) is 0 Å². The molecular weight excluding hydrogens is 254 g/mol. The van der Waals surface area contributed by atoms with Crippen molar-refractivity contribution in [2.45, 2.75) is 32.6 Å². The van der Waals surface area contributed by atoms with Gasteiger partial charge in [0.05, 0.1) is 0 Å². The molecule has 2 heterocycles. The molecule has 3 rings (SSSR count). The van der Waals surface area contributed by atoms with Crippen LogP contribution in [0.1, 0.15) is 35.7 Å². The summed E-state index contributed by atoms with van der Waals surface area (Å²) in [5, 5.41) is 4.53. The lowest BCUT2D eigenvalue weighted by atomic mass is 10.2. The fourth-order valence-corrected chi connectivity index (χ4v) is 2.29. The third-order valence-electron chi connectivity index (χ3n) is 3.02. The molecule has 3 nitrogen and oxygen atoms in total. The predicted molar refractivity (Wildman–Crippen MR) is 62.1 cm³/mol. The van der Waals surface area contributed by atoms with E-state index in [4.69, 9.17) is 0 Å². The number of hydrogen-bond donors (Lipinski definition) is 0. The highest BCUT2D eigenvalue weighted by Crippen LogP contribution is 2.38. The highest BCUT2D eigenvalue weighted by atomic mass is 79.9. The van der Waals surface area contributed by atoms with Crippen LogP contribution < -0.4 is 0 Å². The van der Waals surface area contributed by atoms with Crippen LogP contribution in [0.2, 0.25) is 0 Å². The van der Waals surface area contributed by atoms with Crippen LogP contribution in [0.4, 0.5) is 0 Å². The van der Waals surface area contributed by atoms with E-state index < -0.39 is 0 Å². The number of fused-ring (bicyclic) bond motifs is 1. The first-order chi connectivity index (χ1) is 7.16. The van der Waals surface area contributed by atoms with Crippen LogP contribution in [-0.2, 0) is 0 Å². The summed E-state index contributed by atoms with van der Waals surface area (Å²) >= 11 is 3.57. The van der Waals surface area contributed by atoms with Gasteiger partial charge in [0.25, 0.3) is 0 Å². The molecule has 0 radical (unpaired) electrons. The van der Waals surface area contributed by atoms with Crippen molar-refractivity contribution < 1.29 is 0 Å². The molecule has 1 aliphatic carbocycles. The van der Waals surface area contributed by atoms with E-state index in [2.05, 4.69) is 45.9 Å². The largest absolute Gasteiger partial charge is 0.212 e. The van der Waals surface area contributed by atoms with Gasteiger partial charge in [-0.05, 0) is 59.8 Å². The van der Waals surface area contributed by atoms with Crippen molar-refractivity contribution in [2.75, 3.05) is 0 Å². The first-order valence-corrected chi connectivity index (χ1v) is 5.98. The van der Waals surface area contributed by atoms with Gasteiger partial charge in [-0.1, -0.05) is 0 Å². The van der Waals surface area contributed by atoms with E-state index in [0.717, 1.165) is 16.1 Å². The van der Waals surface area contributed by atoms with Crippen LogP contribution in [0, 0.1) is 13.8 Å². The molecule has 1 saturated carbocycles. The topological polar surface area (TPSA) is 30.2 Å². The molecule has 2 aromatic rings. The molecule has 0 saturated heterocycles. The van der Waals surface area contributed by atoms with Gasteiger partial charge in [0.1, 0.15) is 4.60 Å². The van der Waals surface area contributed by atoms with E-state index >= 15 is 0 Å². The summed E-state index contributed by atoms with van der Waals surface area (Å²) in [4.78, 5) is 4.56. The van der Waals surface area contributed by atoms with Crippen LogP contribution in [-0.4, -0.2) is 14.6 Å². The maximum Gasteiger partial charge on any atom is 0.157 e. The highest BCUT2D eigenvalue weighted by Gasteiger charge is 2.28. The van der Waals surface area contributed by atoms with Crippen molar-refractivity contribution in [3.05, 3.63) is 27.6 Å². The predicted octanol–water partition coefficient (Wildman–Crippen LogP) is 2.99. The molecule has 1 aliphatic rings. The Bertz CT molecular complexity index is 540. The highest BCUT2D eigenvalue weighted by molar-refractivity contribution is 9.10. The third-order valence-corrected chi connectivity index (χ3v) is 3.95. The molecular formula is C11H12BrN3. The first kappa shape index (κ1) is 9.33. The van der Waals surface area contributed by atoms with E-state index in [0.29, 0.717) is 5.92 Å². The van der Waals surface area contributed by atoms with E-state index in [1.807, 2.05) is 4.52 Å². The molecule has 4 heteroatoms. The molecule has 0 aromatic carbocycles. The van der Waals surface area contributed by atoms with Crippen LogP contribution in [0.25, 0.3) is 5.65 Å². The number of aryl methyl sites for hydroxylation is 1. The molecule has 0 aliphatic heterocycles. The zero-order valence-corrected chi connectivity index (χ0v) is 10.4. The average molecular weight is 266 g/mol. The lowest BCUT2D eigenvalue weighted by molar-refractivity contribution is 0.857. The monoisotopic (exact) mass is 265 g/mol. The molecule has 0 amide bonds. The minimum Gasteiger partial charge on any atom is -0.212 e. The maximum absolute atomic E-state index is 4.56. The smallest absolute Gasteiger partial charge is 0.157 e. The Hall–Kier alpha value is -0.900. The zero-order valence-electron chi connectivity index (χ0n) is 8.79. The van der Waals surface area contributed by atoms with Crippen LogP contribution in [0.3, 0.4) is 0 Å². The molecule has 0 bridgehead atoms. The second kappa shape index (κ2) is 3.04. The normalized spacial score (nSPS) is 16.2. The summed E-state index contributed by atoms with van der Waals surface area (Å²) in [6, 6.07) is 2.10. The fraction of sp³-hybridized carbons (Fsp3) is 0.455. The van der Waals surface area contributed by atoms with Gasteiger partial charge in [0.15, 0.2) is 11.5 Å². The Labute approximate surface area is 96.6 Å². The standard InChI is InChI=1S/C11H12BrN3/c1-6-5-9-13-11(8-3-4-8)14-15(9)10(12)7(6)2/h5,8H,3-4H2,1-2H3. The summed E-state index contributed by atoms with van der Waals surface area (Å²) in [6.07, 6.45) is 2.49. The van der Waals surface area contributed by atoms with Crippen molar-refractivity contribution in [1.82, 2.24) is 14.6 Å². The Morgan fingerprint density at radius 3 is 2.80 bits per heavy atom. The lowest BCUT2D eigenvalue weighted by Gasteiger charge is -2.03. The van der Waals surface area contributed by atoms with Gasteiger partial charge in [-0.3, -0.25) is 0 Å². The lowest BCUT2D eigenvalue weighted by Crippen LogP contribution is -1.95. The summed E-state index contributed by atoms with van der Waals surface area (Å²) < 4.78 is 2.92. The van der Waals surface area contributed by atoms with E-state index in [1.165, 1.54) is 24.0 Å². The van der Waals surface area contributed by atoms with Gasteiger partial charge in [-0.2, -0.15) is 0 Å². The van der Waals surface area contributed by atoms with E-state index in [9.17, 15) is 0 Å². The molecule has 0 atom stereocenters. The molecule has 0 spiro atoms. The van der Waals surface area contributed by atoms with Gasteiger partial charge in [-0.25, -0.2) is 9.50 Å². The van der Waals surface area contributed by atoms with Crippen LogP contribution >= 0.6 is 15.9 Å². The van der Waals surface area contributed by atoms with E-state index in [1.54, 1.807) is 0 Å². The molecule has 78 valence electrons. The number of hydrogen-bond acceptors (Lipinski definition) is 2. The first-order valence-electron chi connectivity index (χ1n) is 5.19. The Balaban J connectivity index is 2.29. The average Bonchev–Trinajstić information content (AvgIpc) is 2.97. The molecule has 15 heavy (non-hydrogen) atoms. The van der Waals surface area contributed by atoms with Crippen LogP contribution in [0.5, 0.6) is 0 Å². The molecule has 0 N–H and O–H groups in total. The fourth-order valence-electron chi connectivity index (χ4n) is 1.72. The van der Waals surface area contributed by atoms with Gasteiger partial charge in [-0.15, -0.1) is 5.10 Å². The number of rotatable bonds is 1.